The van der Waals surface area contributed by atoms with Crippen molar-refractivity contribution in [3.8, 4) is 0 Å². The first-order valence-corrected chi connectivity index (χ1v) is 13.8. The Balaban J connectivity index is 1.38. The maximum Gasteiger partial charge on any atom is 0.221 e. The van der Waals surface area contributed by atoms with E-state index in [0.717, 1.165) is 45.1 Å². The van der Waals surface area contributed by atoms with E-state index in [9.17, 15) is 9.90 Å². The molecule has 6 nitrogen and oxygen atoms in total. The highest BCUT2D eigenvalue weighted by Crippen LogP contribution is 2.38. The average Bonchev–Trinajstić information content (AvgIpc) is 2.94. The van der Waals surface area contributed by atoms with Crippen molar-refractivity contribution in [3.05, 3.63) is 113 Å². The van der Waals surface area contributed by atoms with Gasteiger partial charge in [-0.1, -0.05) is 60.7 Å². The summed E-state index contributed by atoms with van der Waals surface area (Å²) in [4.78, 5) is 14.5. The van der Waals surface area contributed by atoms with Crippen LogP contribution in [0.3, 0.4) is 0 Å². The maximum absolute atomic E-state index is 11.5. The molecule has 0 radical (unpaired) electrons. The summed E-state index contributed by atoms with van der Waals surface area (Å²) < 4.78 is 5.83. The number of anilines is 2. The number of para-hydroxylation sites is 1. The van der Waals surface area contributed by atoms with E-state index in [0.29, 0.717) is 6.54 Å². The number of benzene rings is 3. The van der Waals surface area contributed by atoms with Crippen LogP contribution in [0.5, 0.6) is 0 Å². The molecule has 2 aliphatic rings. The number of methoxy groups -OCH3 is 1. The molecule has 1 heterocycles. The summed E-state index contributed by atoms with van der Waals surface area (Å²) >= 11 is 1.74. The van der Waals surface area contributed by atoms with Gasteiger partial charge < -0.3 is 20.5 Å². The highest BCUT2D eigenvalue weighted by atomic mass is 32.2. The first-order valence-electron chi connectivity index (χ1n) is 12.8. The first kappa shape index (κ1) is 26.3. The molecule has 0 saturated carbocycles. The molecule has 0 fully saturated rings. The zero-order valence-corrected chi connectivity index (χ0v) is 22.4. The van der Waals surface area contributed by atoms with Gasteiger partial charge in [-0.05, 0) is 53.5 Å². The van der Waals surface area contributed by atoms with Gasteiger partial charge >= 0.3 is 0 Å². The molecule has 1 amide bonds. The van der Waals surface area contributed by atoms with Crippen LogP contribution in [-0.2, 0) is 16.1 Å². The summed E-state index contributed by atoms with van der Waals surface area (Å²) in [5.74, 6) is 0.699. The molecule has 7 heteroatoms. The number of fused-ring (bicyclic) bond motifs is 1. The van der Waals surface area contributed by atoms with Crippen LogP contribution in [-0.4, -0.2) is 41.0 Å². The predicted octanol–water partition coefficient (Wildman–Crippen LogP) is 5.95. The van der Waals surface area contributed by atoms with Crippen LogP contribution in [0, 0.1) is 0 Å². The summed E-state index contributed by atoms with van der Waals surface area (Å²) in [5, 5.41) is 18.0. The van der Waals surface area contributed by atoms with Crippen molar-refractivity contribution in [1.82, 2.24) is 4.90 Å². The lowest BCUT2D eigenvalue weighted by Gasteiger charge is -2.43. The van der Waals surface area contributed by atoms with Gasteiger partial charge in [-0.2, -0.15) is 0 Å². The SMILES string of the molecule is COC1CC=C(C2Nc3ccccc3C(O)N2Cc2ccccc2)C=C1CSc1ccc(NC(C)=O)cc1. The molecule has 38 heavy (non-hydrogen) atoms. The van der Waals surface area contributed by atoms with Gasteiger partial charge in [0.05, 0.1) is 6.10 Å². The number of hydrogen-bond acceptors (Lipinski definition) is 6. The number of nitrogens with one attached hydrogen (secondary N) is 2. The molecule has 0 spiro atoms. The van der Waals surface area contributed by atoms with E-state index < -0.39 is 6.23 Å². The molecule has 3 unspecified atom stereocenters. The second kappa shape index (κ2) is 12.0. The number of aliphatic hydroxyl groups is 1. The Morgan fingerprint density at radius 3 is 2.55 bits per heavy atom. The van der Waals surface area contributed by atoms with Crippen LogP contribution in [0.4, 0.5) is 11.4 Å². The van der Waals surface area contributed by atoms with Crippen molar-refractivity contribution in [2.45, 2.75) is 43.3 Å². The third kappa shape index (κ3) is 6.03. The van der Waals surface area contributed by atoms with Gasteiger partial charge in [0.1, 0.15) is 12.4 Å². The van der Waals surface area contributed by atoms with E-state index in [-0.39, 0.29) is 18.2 Å². The average molecular weight is 528 g/mol. The van der Waals surface area contributed by atoms with Gasteiger partial charge in [0.15, 0.2) is 0 Å². The number of carbonyl (C=O) groups excluding carboxylic acids is 1. The summed E-state index contributed by atoms with van der Waals surface area (Å²) in [6.07, 6.45) is 4.32. The monoisotopic (exact) mass is 527 g/mol. The van der Waals surface area contributed by atoms with Gasteiger partial charge in [0, 0.05) is 48.2 Å². The molecule has 196 valence electrons. The van der Waals surface area contributed by atoms with E-state index in [1.807, 2.05) is 66.7 Å². The Morgan fingerprint density at radius 2 is 1.82 bits per heavy atom. The molecule has 5 rings (SSSR count). The Labute approximate surface area is 228 Å². The Hall–Kier alpha value is -3.36. The van der Waals surface area contributed by atoms with E-state index >= 15 is 0 Å². The molecule has 1 aliphatic carbocycles. The van der Waals surface area contributed by atoms with Gasteiger partial charge in [-0.3, -0.25) is 4.79 Å². The van der Waals surface area contributed by atoms with Gasteiger partial charge in [0.25, 0.3) is 0 Å². The zero-order chi connectivity index (χ0) is 26.5. The molecule has 3 aromatic rings. The Kier molecular flexibility index (Phi) is 8.29. The van der Waals surface area contributed by atoms with Crippen molar-refractivity contribution in [3.63, 3.8) is 0 Å². The van der Waals surface area contributed by atoms with Crippen molar-refractivity contribution in [2.24, 2.45) is 0 Å². The quantitative estimate of drug-likeness (QED) is 0.314. The largest absolute Gasteiger partial charge is 0.377 e. The van der Waals surface area contributed by atoms with Crippen LogP contribution in [0.1, 0.15) is 30.7 Å². The highest BCUT2D eigenvalue weighted by Gasteiger charge is 2.35. The molecule has 0 aromatic heterocycles. The van der Waals surface area contributed by atoms with Crippen molar-refractivity contribution in [2.75, 3.05) is 23.5 Å². The second-order valence-electron chi connectivity index (χ2n) is 9.54. The Bertz CT molecular complexity index is 1320. The van der Waals surface area contributed by atoms with E-state index in [1.165, 1.54) is 12.5 Å². The molecule has 0 bridgehead atoms. The number of thioether (sulfide) groups is 1. The standard InChI is InChI=1S/C31H33N3O3S/c1-21(35)32-25-13-15-26(16-14-25)38-20-24-18-23(12-17-29(24)37-2)30-33-28-11-7-6-10-27(28)31(36)34(30)19-22-8-4-3-5-9-22/h3-16,18,29-31,33,36H,17,19-20H2,1-2H3,(H,32,35). The second-order valence-corrected chi connectivity index (χ2v) is 10.6. The molecule has 0 saturated heterocycles. The summed E-state index contributed by atoms with van der Waals surface area (Å²) in [5.41, 5.74) is 6.10. The van der Waals surface area contributed by atoms with Gasteiger partial charge in [-0.15, -0.1) is 11.8 Å². The van der Waals surface area contributed by atoms with Crippen LogP contribution >= 0.6 is 11.8 Å². The van der Waals surface area contributed by atoms with E-state index in [1.54, 1.807) is 18.9 Å². The normalized spacial score (nSPS) is 21.1. The molecular weight excluding hydrogens is 494 g/mol. The van der Waals surface area contributed by atoms with Gasteiger partial charge in [-0.25, -0.2) is 4.90 Å². The van der Waals surface area contributed by atoms with E-state index in [4.69, 9.17) is 4.74 Å². The van der Waals surface area contributed by atoms with Crippen LogP contribution in [0.15, 0.2) is 107 Å². The smallest absolute Gasteiger partial charge is 0.221 e. The van der Waals surface area contributed by atoms with Crippen molar-refractivity contribution in [1.29, 1.82) is 0 Å². The first-order chi connectivity index (χ1) is 18.5. The zero-order valence-electron chi connectivity index (χ0n) is 21.6. The number of nitrogens with zero attached hydrogens (tertiary/aromatic N) is 1. The number of hydrogen-bond donors (Lipinski definition) is 3. The topological polar surface area (TPSA) is 73.8 Å². The predicted molar refractivity (Wildman–Crippen MR) is 154 cm³/mol. The summed E-state index contributed by atoms with van der Waals surface area (Å²) in [7, 11) is 1.75. The number of aliphatic hydroxyl groups excluding tert-OH is 1. The third-order valence-electron chi connectivity index (χ3n) is 6.90. The van der Waals surface area contributed by atoms with Crippen molar-refractivity contribution < 1.29 is 14.6 Å². The van der Waals surface area contributed by atoms with Gasteiger partial charge in [0.2, 0.25) is 5.91 Å². The minimum Gasteiger partial charge on any atom is -0.377 e. The molecule has 3 N–H and O–H groups in total. The third-order valence-corrected chi connectivity index (χ3v) is 7.98. The Morgan fingerprint density at radius 1 is 1.08 bits per heavy atom. The maximum atomic E-state index is 11.5. The number of carbonyl (C=O) groups is 1. The van der Waals surface area contributed by atoms with Crippen molar-refractivity contribution >= 4 is 29.0 Å². The molecular formula is C31H33N3O3S. The molecule has 1 aliphatic heterocycles. The molecule has 3 atom stereocenters. The summed E-state index contributed by atoms with van der Waals surface area (Å²) in [6.45, 7) is 2.12. The van der Waals surface area contributed by atoms with Crippen LogP contribution < -0.4 is 10.6 Å². The number of amides is 1. The lowest BCUT2D eigenvalue weighted by Crippen LogP contribution is -2.48. The fourth-order valence-corrected chi connectivity index (χ4v) is 5.92. The number of ether oxygens (including phenoxy) is 1. The minimum atomic E-state index is -0.730. The fraction of sp³-hybridized carbons (Fsp3) is 0.258. The highest BCUT2D eigenvalue weighted by molar-refractivity contribution is 7.99. The lowest BCUT2D eigenvalue weighted by molar-refractivity contribution is -0.114. The minimum absolute atomic E-state index is 0.00766. The van der Waals surface area contributed by atoms with Crippen LogP contribution in [0.2, 0.25) is 0 Å². The number of rotatable bonds is 8. The van der Waals surface area contributed by atoms with Crippen LogP contribution in [0.25, 0.3) is 0 Å². The molecule has 3 aromatic carbocycles. The summed E-state index contributed by atoms with van der Waals surface area (Å²) in [6, 6.07) is 26.1. The fourth-order valence-electron chi connectivity index (χ4n) is 4.99. The van der Waals surface area contributed by atoms with E-state index in [2.05, 4.69) is 39.8 Å². The lowest BCUT2D eigenvalue weighted by atomic mass is 9.93.